The summed E-state index contributed by atoms with van der Waals surface area (Å²) in [6, 6.07) is 7.14. The van der Waals surface area contributed by atoms with Gasteiger partial charge < -0.3 is 9.84 Å². The minimum Gasteiger partial charge on any atom is -0.496 e. The molecule has 0 spiro atoms. The molecule has 0 bridgehead atoms. The van der Waals surface area contributed by atoms with E-state index in [0.29, 0.717) is 11.4 Å². The Bertz CT molecular complexity index is 561. The van der Waals surface area contributed by atoms with Crippen LogP contribution in [0.1, 0.15) is 16.1 Å². The van der Waals surface area contributed by atoms with Crippen molar-refractivity contribution in [2.75, 3.05) is 7.11 Å². The Morgan fingerprint density at radius 3 is 2.76 bits per heavy atom. The van der Waals surface area contributed by atoms with Gasteiger partial charge in [0.1, 0.15) is 11.4 Å². The number of H-pyrrole nitrogens is 1. The highest BCUT2D eigenvalue weighted by atomic mass is 16.5. The van der Waals surface area contributed by atoms with Gasteiger partial charge in [-0.3, -0.25) is 5.10 Å². The van der Waals surface area contributed by atoms with E-state index in [9.17, 15) is 4.79 Å². The topological polar surface area (TPSA) is 75.2 Å². The van der Waals surface area contributed by atoms with Crippen molar-refractivity contribution in [3.05, 3.63) is 35.5 Å². The molecule has 1 aromatic heterocycles. The number of hydrogen-bond acceptors (Lipinski definition) is 3. The molecular formula is C12H12N2O3. The summed E-state index contributed by atoms with van der Waals surface area (Å²) < 4.78 is 5.25. The number of nitrogens with zero attached hydrogens (tertiary/aromatic N) is 1. The van der Waals surface area contributed by atoms with E-state index in [2.05, 4.69) is 10.2 Å². The molecule has 0 fully saturated rings. The van der Waals surface area contributed by atoms with E-state index in [0.717, 1.165) is 11.1 Å². The Hall–Kier alpha value is -2.30. The first-order chi connectivity index (χ1) is 8.11. The predicted molar refractivity (Wildman–Crippen MR) is 62.3 cm³/mol. The van der Waals surface area contributed by atoms with Crippen LogP contribution >= 0.6 is 0 Å². The fourth-order valence-corrected chi connectivity index (χ4v) is 1.58. The first-order valence-electron chi connectivity index (χ1n) is 5.05. The first-order valence-corrected chi connectivity index (χ1v) is 5.05. The smallest absolute Gasteiger partial charge is 0.353 e. The van der Waals surface area contributed by atoms with Crippen LogP contribution in [0.25, 0.3) is 11.3 Å². The van der Waals surface area contributed by atoms with E-state index in [1.165, 1.54) is 6.07 Å². The minimum absolute atomic E-state index is 0.0580. The summed E-state index contributed by atoms with van der Waals surface area (Å²) in [5.74, 6) is -0.358. The second-order valence-corrected chi connectivity index (χ2v) is 3.68. The van der Waals surface area contributed by atoms with E-state index in [1.807, 2.05) is 25.1 Å². The van der Waals surface area contributed by atoms with Crippen LogP contribution < -0.4 is 4.74 Å². The van der Waals surface area contributed by atoms with Crippen molar-refractivity contribution in [2.24, 2.45) is 0 Å². The van der Waals surface area contributed by atoms with Crippen LogP contribution in [0.15, 0.2) is 24.3 Å². The molecule has 0 radical (unpaired) electrons. The number of benzene rings is 1. The number of carboxylic acids is 1. The summed E-state index contributed by atoms with van der Waals surface area (Å²) in [5.41, 5.74) is 2.45. The lowest BCUT2D eigenvalue weighted by atomic mass is 10.1. The number of aromatic amines is 1. The summed E-state index contributed by atoms with van der Waals surface area (Å²) in [6.45, 7) is 1.96. The van der Waals surface area contributed by atoms with Crippen LogP contribution in [-0.2, 0) is 0 Å². The molecule has 2 rings (SSSR count). The molecule has 0 atom stereocenters. The maximum absolute atomic E-state index is 10.8. The molecule has 2 aromatic rings. The minimum atomic E-state index is -1.03. The van der Waals surface area contributed by atoms with Crippen molar-refractivity contribution in [1.82, 2.24) is 10.2 Å². The van der Waals surface area contributed by atoms with E-state index in [-0.39, 0.29) is 5.69 Å². The molecule has 0 amide bonds. The van der Waals surface area contributed by atoms with Crippen LogP contribution in [0.5, 0.6) is 5.75 Å². The second-order valence-electron chi connectivity index (χ2n) is 3.68. The van der Waals surface area contributed by atoms with Gasteiger partial charge in [0.15, 0.2) is 0 Å². The molecular weight excluding hydrogens is 220 g/mol. The van der Waals surface area contributed by atoms with Crippen molar-refractivity contribution in [3.63, 3.8) is 0 Å². The number of nitrogens with one attached hydrogen (secondary N) is 1. The third-order valence-corrected chi connectivity index (χ3v) is 2.44. The van der Waals surface area contributed by atoms with E-state index >= 15 is 0 Å². The summed E-state index contributed by atoms with van der Waals surface area (Å²) >= 11 is 0. The van der Waals surface area contributed by atoms with Crippen LogP contribution in [-0.4, -0.2) is 28.4 Å². The first kappa shape index (κ1) is 11.2. The zero-order valence-corrected chi connectivity index (χ0v) is 9.52. The van der Waals surface area contributed by atoms with Gasteiger partial charge in [-0.1, -0.05) is 6.07 Å². The third-order valence-electron chi connectivity index (χ3n) is 2.44. The zero-order valence-electron chi connectivity index (χ0n) is 9.52. The van der Waals surface area contributed by atoms with Crippen molar-refractivity contribution in [1.29, 1.82) is 0 Å². The number of rotatable bonds is 3. The molecule has 88 valence electrons. The molecule has 5 heteroatoms. The molecule has 0 aliphatic heterocycles. The highest BCUT2D eigenvalue weighted by Crippen LogP contribution is 2.29. The number of aromatic nitrogens is 2. The molecule has 0 saturated heterocycles. The number of carbonyl (C=O) groups is 1. The second kappa shape index (κ2) is 4.29. The monoisotopic (exact) mass is 232 g/mol. The largest absolute Gasteiger partial charge is 0.496 e. The molecule has 2 N–H and O–H groups in total. The van der Waals surface area contributed by atoms with Crippen molar-refractivity contribution in [2.45, 2.75) is 6.92 Å². The maximum Gasteiger partial charge on any atom is 0.353 e. The Morgan fingerprint density at radius 2 is 2.18 bits per heavy atom. The maximum atomic E-state index is 10.8. The number of carboxylic acid groups (broad SMARTS) is 1. The number of hydrogen-bond donors (Lipinski definition) is 2. The van der Waals surface area contributed by atoms with Gasteiger partial charge in [0.05, 0.1) is 12.8 Å². The van der Waals surface area contributed by atoms with Gasteiger partial charge in [-0.2, -0.15) is 5.10 Å². The number of aryl methyl sites for hydroxylation is 1. The van der Waals surface area contributed by atoms with Gasteiger partial charge >= 0.3 is 5.97 Å². The molecule has 0 aliphatic carbocycles. The van der Waals surface area contributed by atoms with E-state index in [4.69, 9.17) is 9.84 Å². The normalized spacial score (nSPS) is 10.2. The molecule has 1 aromatic carbocycles. The van der Waals surface area contributed by atoms with Gasteiger partial charge in [-0.05, 0) is 30.7 Å². The number of ether oxygens (including phenoxy) is 1. The van der Waals surface area contributed by atoms with Crippen molar-refractivity contribution < 1.29 is 14.6 Å². The van der Waals surface area contributed by atoms with Crippen LogP contribution in [0.3, 0.4) is 0 Å². The molecule has 0 saturated carbocycles. The van der Waals surface area contributed by atoms with Gasteiger partial charge in [-0.15, -0.1) is 0 Å². The van der Waals surface area contributed by atoms with Crippen molar-refractivity contribution >= 4 is 5.97 Å². The van der Waals surface area contributed by atoms with Gasteiger partial charge in [-0.25, -0.2) is 4.79 Å². The highest BCUT2D eigenvalue weighted by molar-refractivity contribution is 5.87. The highest BCUT2D eigenvalue weighted by Gasteiger charge is 2.12. The Morgan fingerprint density at radius 1 is 1.41 bits per heavy atom. The van der Waals surface area contributed by atoms with Crippen molar-refractivity contribution in [3.8, 4) is 17.0 Å². The number of aromatic carboxylic acids is 1. The van der Waals surface area contributed by atoms with Crippen LogP contribution in [0, 0.1) is 6.92 Å². The Balaban J connectivity index is 2.48. The fourth-order valence-electron chi connectivity index (χ4n) is 1.58. The van der Waals surface area contributed by atoms with Gasteiger partial charge in [0, 0.05) is 5.56 Å². The fraction of sp³-hybridized carbons (Fsp3) is 0.167. The Kier molecular flexibility index (Phi) is 2.82. The van der Waals surface area contributed by atoms with E-state index < -0.39 is 5.97 Å². The molecule has 0 unspecified atom stereocenters. The lowest BCUT2D eigenvalue weighted by Crippen LogP contribution is -1.95. The summed E-state index contributed by atoms with van der Waals surface area (Å²) in [7, 11) is 1.57. The van der Waals surface area contributed by atoms with Crippen LogP contribution in [0.2, 0.25) is 0 Å². The molecule has 17 heavy (non-hydrogen) atoms. The zero-order chi connectivity index (χ0) is 12.4. The summed E-state index contributed by atoms with van der Waals surface area (Å²) in [6.07, 6.45) is 0. The third kappa shape index (κ3) is 2.13. The quantitative estimate of drug-likeness (QED) is 0.849. The molecule has 1 heterocycles. The number of methoxy groups -OCH3 is 1. The molecule has 5 nitrogen and oxygen atoms in total. The SMILES string of the molecule is COc1cc(C)ccc1-c1cc(C(=O)O)[nH]n1. The predicted octanol–water partition coefficient (Wildman–Crippen LogP) is 2.09. The summed E-state index contributed by atoms with van der Waals surface area (Å²) in [4.78, 5) is 10.8. The average molecular weight is 232 g/mol. The van der Waals surface area contributed by atoms with E-state index in [1.54, 1.807) is 7.11 Å². The lowest BCUT2D eigenvalue weighted by Gasteiger charge is -2.06. The lowest BCUT2D eigenvalue weighted by molar-refractivity contribution is 0.0690. The van der Waals surface area contributed by atoms with Crippen LogP contribution in [0.4, 0.5) is 0 Å². The standard InChI is InChI=1S/C12H12N2O3/c1-7-3-4-8(11(5-7)17-2)9-6-10(12(15)16)14-13-9/h3-6H,1-2H3,(H,13,14)(H,15,16). The van der Waals surface area contributed by atoms with Gasteiger partial charge in [0.25, 0.3) is 0 Å². The molecule has 0 aliphatic rings. The average Bonchev–Trinajstić information content (AvgIpc) is 2.78. The van der Waals surface area contributed by atoms with Gasteiger partial charge in [0.2, 0.25) is 0 Å². The summed E-state index contributed by atoms with van der Waals surface area (Å²) in [5, 5.41) is 15.2. The Labute approximate surface area is 98.0 Å².